The number of rotatable bonds is 3. The van der Waals surface area contributed by atoms with Crippen LogP contribution in [-0.2, 0) is 11.2 Å². The lowest BCUT2D eigenvalue weighted by atomic mass is 9.93. The number of benzene rings is 1. The molecular weight excluding hydrogens is 190 g/mol. The molecule has 0 aliphatic carbocycles. The highest BCUT2D eigenvalue weighted by molar-refractivity contribution is 5.84. The molecule has 0 aromatic heterocycles. The Morgan fingerprint density at radius 2 is 2.00 bits per heavy atom. The van der Waals surface area contributed by atoms with Gasteiger partial charge in [-0.1, -0.05) is 12.1 Å². The fraction of sp³-hybridized carbons (Fsp3) is 0.333. The molecule has 0 radical (unpaired) electrons. The van der Waals surface area contributed by atoms with Crippen LogP contribution in [0.15, 0.2) is 24.3 Å². The highest BCUT2D eigenvalue weighted by Gasteiger charge is 2.26. The number of carbonyl (C=O) groups is 1. The highest BCUT2D eigenvalue weighted by Crippen LogP contribution is 2.14. The van der Waals surface area contributed by atoms with Crippen LogP contribution in [0.3, 0.4) is 0 Å². The third kappa shape index (κ3) is 2.90. The molecule has 0 saturated heterocycles. The van der Waals surface area contributed by atoms with Gasteiger partial charge >= 0.3 is 0 Å². The van der Waals surface area contributed by atoms with Crippen molar-refractivity contribution in [3.05, 3.63) is 35.4 Å². The van der Waals surface area contributed by atoms with Gasteiger partial charge in [0.2, 0.25) is 0 Å². The molecule has 0 aliphatic rings. The van der Waals surface area contributed by atoms with E-state index in [1.165, 1.54) is 13.8 Å². The van der Waals surface area contributed by atoms with Crippen molar-refractivity contribution in [2.45, 2.75) is 25.9 Å². The van der Waals surface area contributed by atoms with E-state index in [2.05, 4.69) is 0 Å². The van der Waals surface area contributed by atoms with E-state index in [1.54, 1.807) is 24.3 Å². The minimum Gasteiger partial charge on any atom is -0.382 e. The van der Waals surface area contributed by atoms with E-state index in [0.29, 0.717) is 5.56 Å². The Morgan fingerprint density at radius 3 is 2.40 bits per heavy atom. The maximum Gasteiger partial charge on any atom is 0.161 e. The summed E-state index contributed by atoms with van der Waals surface area (Å²) in [6, 6.07) is 8.85. The zero-order valence-electron chi connectivity index (χ0n) is 8.82. The molecule has 1 atom stereocenters. The molecule has 3 nitrogen and oxygen atoms in total. The van der Waals surface area contributed by atoms with E-state index in [4.69, 9.17) is 5.26 Å². The molecule has 1 aromatic carbocycles. The largest absolute Gasteiger partial charge is 0.382 e. The van der Waals surface area contributed by atoms with E-state index in [1.807, 2.05) is 6.07 Å². The smallest absolute Gasteiger partial charge is 0.161 e. The van der Waals surface area contributed by atoms with Crippen LogP contribution in [0.1, 0.15) is 25.0 Å². The van der Waals surface area contributed by atoms with Crippen molar-refractivity contribution in [1.29, 1.82) is 5.26 Å². The van der Waals surface area contributed by atoms with Gasteiger partial charge in [-0.25, -0.2) is 0 Å². The summed E-state index contributed by atoms with van der Waals surface area (Å²) in [6.45, 7) is 2.86. The van der Waals surface area contributed by atoms with E-state index in [-0.39, 0.29) is 12.2 Å². The monoisotopic (exact) mass is 203 g/mol. The van der Waals surface area contributed by atoms with Gasteiger partial charge in [-0.15, -0.1) is 0 Å². The predicted octanol–water partition coefficient (Wildman–Crippen LogP) is 1.44. The number of Topliss-reactive ketones (excluding diaryl/α,β-unsaturated/α-hetero) is 1. The van der Waals surface area contributed by atoms with Gasteiger partial charge in [-0.05, 0) is 31.5 Å². The van der Waals surface area contributed by atoms with Gasteiger partial charge in [-0.2, -0.15) is 5.26 Å². The number of nitrogens with zero attached hydrogens (tertiary/aromatic N) is 1. The van der Waals surface area contributed by atoms with E-state index in [0.717, 1.165) is 5.56 Å². The minimum absolute atomic E-state index is 0.258. The summed E-state index contributed by atoms with van der Waals surface area (Å²) in [5.74, 6) is -0.258. The number of hydrogen-bond donors (Lipinski definition) is 1. The van der Waals surface area contributed by atoms with Gasteiger partial charge in [-0.3, -0.25) is 4.79 Å². The number of nitriles is 1. The van der Waals surface area contributed by atoms with Crippen LogP contribution in [0, 0.1) is 11.3 Å². The first kappa shape index (κ1) is 11.4. The van der Waals surface area contributed by atoms with E-state index < -0.39 is 5.60 Å². The molecule has 0 bridgehead atoms. The van der Waals surface area contributed by atoms with Gasteiger partial charge < -0.3 is 5.11 Å². The Bertz CT molecular complexity index is 399. The highest BCUT2D eigenvalue weighted by atomic mass is 16.3. The van der Waals surface area contributed by atoms with Crippen molar-refractivity contribution in [2.24, 2.45) is 0 Å². The number of ketones is 1. The molecule has 1 aromatic rings. The average molecular weight is 203 g/mol. The molecule has 0 fully saturated rings. The van der Waals surface area contributed by atoms with E-state index >= 15 is 0 Å². The normalized spacial score (nSPS) is 14.0. The number of carbonyl (C=O) groups excluding carboxylic acids is 1. The molecule has 15 heavy (non-hydrogen) atoms. The second-order valence-corrected chi connectivity index (χ2v) is 3.82. The summed E-state index contributed by atoms with van der Waals surface area (Å²) in [5.41, 5.74) is 0.0872. The molecule has 1 N–H and O–H groups in total. The van der Waals surface area contributed by atoms with Crippen LogP contribution in [0.5, 0.6) is 0 Å². The fourth-order valence-corrected chi connectivity index (χ4v) is 1.22. The first-order valence-corrected chi connectivity index (χ1v) is 4.68. The lowest BCUT2D eigenvalue weighted by molar-refractivity contribution is -0.133. The molecule has 0 heterocycles. The summed E-state index contributed by atoms with van der Waals surface area (Å²) >= 11 is 0. The van der Waals surface area contributed by atoms with Gasteiger partial charge in [0, 0.05) is 6.42 Å². The van der Waals surface area contributed by atoms with Gasteiger partial charge in [0.15, 0.2) is 5.78 Å². The minimum atomic E-state index is -1.33. The van der Waals surface area contributed by atoms with Crippen molar-refractivity contribution in [1.82, 2.24) is 0 Å². The van der Waals surface area contributed by atoms with E-state index in [9.17, 15) is 9.90 Å². The Balaban J connectivity index is 2.83. The SMILES string of the molecule is CC(=O)[C@](C)(O)Cc1ccc(C#N)cc1. The standard InChI is InChI=1S/C12H13NO2/c1-9(14)12(2,15)7-10-3-5-11(8-13)6-4-10/h3-6,15H,7H2,1-2H3/t12-/m1/s1. The summed E-state index contributed by atoms with van der Waals surface area (Å²) in [7, 11) is 0. The first-order chi connectivity index (χ1) is 6.95. The molecule has 1 rings (SSSR count). The molecule has 0 unspecified atom stereocenters. The lowest BCUT2D eigenvalue weighted by Gasteiger charge is -2.19. The van der Waals surface area contributed by atoms with Gasteiger partial charge in [0.05, 0.1) is 11.6 Å². The quantitative estimate of drug-likeness (QED) is 0.808. The predicted molar refractivity (Wildman–Crippen MR) is 56.2 cm³/mol. The van der Waals surface area contributed by atoms with Crippen molar-refractivity contribution >= 4 is 5.78 Å². The van der Waals surface area contributed by atoms with Crippen LogP contribution >= 0.6 is 0 Å². The zero-order valence-corrected chi connectivity index (χ0v) is 8.82. The second-order valence-electron chi connectivity index (χ2n) is 3.82. The number of aliphatic hydroxyl groups is 1. The lowest BCUT2D eigenvalue weighted by Crippen LogP contribution is -2.35. The van der Waals surface area contributed by atoms with Gasteiger partial charge in [0.25, 0.3) is 0 Å². The zero-order chi connectivity index (χ0) is 11.5. The van der Waals surface area contributed by atoms with Crippen LogP contribution in [0.2, 0.25) is 0 Å². The van der Waals surface area contributed by atoms with Crippen molar-refractivity contribution in [3.63, 3.8) is 0 Å². The van der Waals surface area contributed by atoms with Crippen molar-refractivity contribution < 1.29 is 9.90 Å². The Hall–Kier alpha value is -1.66. The number of hydrogen-bond acceptors (Lipinski definition) is 3. The van der Waals surface area contributed by atoms with Crippen LogP contribution in [-0.4, -0.2) is 16.5 Å². The summed E-state index contributed by atoms with van der Waals surface area (Å²) in [4.78, 5) is 11.1. The molecular formula is C12H13NO2. The third-order valence-corrected chi connectivity index (χ3v) is 2.39. The van der Waals surface area contributed by atoms with Crippen molar-refractivity contribution in [2.75, 3.05) is 0 Å². The second kappa shape index (κ2) is 4.24. The Kier molecular flexibility index (Phi) is 3.23. The summed E-state index contributed by atoms with van der Waals surface area (Å²) in [6.07, 6.45) is 0.272. The first-order valence-electron chi connectivity index (χ1n) is 4.68. The summed E-state index contributed by atoms with van der Waals surface area (Å²) in [5, 5.41) is 18.4. The molecule has 0 amide bonds. The third-order valence-electron chi connectivity index (χ3n) is 2.39. The van der Waals surface area contributed by atoms with Crippen LogP contribution in [0.4, 0.5) is 0 Å². The van der Waals surface area contributed by atoms with Gasteiger partial charge in [0.1, 0.15) is 5.60 Å². The van der Waals surface area contributed by atoms with Crippen LogP contribution < -0.4 is 0 Å². The molecule has 0 spiro atoms. The molecule has 3 heteroatoms. The topological polar surface area (TPSA) is 61.1 Å². The van der Waals surface area contributed by atoms with Crippen LogP contribution in [0.25, 0.3) is 0 Å². The van der Waals surface area contributed by atoms with Crippen molar-refractivity contribution in [3.8, 4) is 6.07 Å². The Morgan fingerprint density at radius 1 is 1.47 bits per heavy atom. The maximum atomic E-state index is 11.1. The fourth-order valence-electron chi connectivity index (χ4n) is 1.22. The maximum absolute atomic E-state index is 11.1. The molecule has 78 valence electrons. The average Bonchev–Trinajstić information content (AvgIpc) is 2.18. The summed E-state index contributed by atoms with van der Waals surface area (Å²) < 4.78 is 0. The Labute approximate surface area is 89.0 Å². The molecule has 0 saturated carbocycles. The molecule has 0 aliphatic heterocycles.